The number of nitrogens with one attached hydrogen (secondary N) is 2. The molecule has 0 spiro atoms. The second-order valence-electron chi connectivity index (χ2n) is 3.98. The highest BCUT2D eigenvalue weighted by Gasteiger charge is 2.29. The minimum Gasteiger partial charge on any atom is -0.497 e. The van der Waals surface area contributed by atoms with Gasteiger partial charge in [-0.1, -0.05) is 0 Å². The Morgan fingerprint density at radius 3 is 2.32 bits per heavy atom. The Morgan fingerprint density at radius 1 is 1.21 bits per heavy atom. The Kier molecular flexibility index (Phi) is 5.59. The summed E-state index contributed by atoms with van der Waals surface area (Å²) in [6, 6.07) is 4.09. The molecule has 19 heavy (non-hydrogen) atoms. The standard InChI is InChI=1S/C13H20N2O4/c1-14-11(12(15-2)13(16)17)9-7-8(18-3)5-6-10(9)19-4/h5-7,11-12,14-15H,1-4H3,(H,16,17). The van der Waals surface area contributed by atoms with Gasteiger partial charge in [0, 0.05) is 5.56 Å². The van der Waals surface area contributed by atoms with E-state index in [-0.39, 0.29) is 0 Å². The molecule has 0 aromatic heterocycles. The molecule has 0 fully saturated rings. The van der Waals surface area contributed by atoms with Gasteiger partial charge in [0.1, 0.15) is 17.5 Å². The van der Waals surface area contributed by atoms with Gasteiger partial charge in [0.25, 0.3) is 0 Å². The van der Waals surface area contributed by atoms with Crippen LogP contribution in [-0.2, 0) is 4.79 Å². The fraction of sp³-hybridized carbons (Fsp3) is 0.462. The third kappa shape index (κ3) is 3.36. The summed E-state index contributed by atoms with van der Waals surface area (Å²) in [6.45, 7) is 0. The van der Waals surface area contributed by atoms with Crippen molar-refractivity contribution in [2.24, 2.45) is 0 Å². The van der Waals surface area contributed by atoms with E-state index in [0.29, 0.717) is 11.5 Å². The minimum atomic E-state index is -0.938. The quantitative estimate of drug-likeness (QED) is 0.673. The molecule has 0 bridgehead atoms. The van der Waals surface area contributed by atoms with E-state index in [4.69, 9.17) is 9.47 Å². The average molecular weight is 268 g/mol. The van der Waals surface area contributed by atoms with Crippen LogP contribution in [-0.4, -0.2) is 45.4 Å². The molecule has 6 heteroatoms. The number of carboxylic acids is 1. The van der Waals surface area contributed by atoms with Gasteiger partial charge in [-0.25, -0.2) is 0 Å². The number of ether oxygens (including phenoxy) is 2. The second kappa shape index (κ2) is 6.96. The third-order valence-electron chi connectivity index (χ3n) is 2.99. The molecule has 3 N–H and O–H groups in total. The number of aliphatic carboxylic acids is 1. The molecule has 0 saturated carbocycles. The lowest BCUT2D eigenvalue weighted by Crippen LogP contribution is -2.44. The Morgan fingerprint density at radius 2 is 1.89 bits per heavy atom. The molecular formula is C13H20N2O4. The SMILES string of the molecule is CNC(C(=O)O)C(NC)c1cc(OC)ccc1OC. The minimum absolute atomic E-state index is 0.437. The molecule has 6 nitrogen and oxygen atoms in total. The number of carbonyl (C=O) groups is 1. The summed E-state index contributed by atoms with van der Waals surface area (Å²) >= 11 is 0. The molecule has 106 valence electrons. The lowest BCUT2D eigenvalue weighted by molar-refractivity contribution is -0.140. The van der Waals surface area contributed by atoms with Gasteiger partial charge in [0.05, 0.1) is 20.3 Å². The molecule has 0 amide bonds. The first-order valence-electron chi connectivity index (χ1n) is 5.88. The zero-order valence-electron chi connectivity index (χ0n) is 11.6. The number of rotatable bonds is 7. The molecule has 2 atom stereocenters. The summed E-state index contributed by atoms with van der Waals surface area (Å²) in [5, 5.41) is 15.0. The lowest BCUT2D eigenvalue weighted by Gasteiger charge is -2.25. The number of hydrogen-bond acceptors (Lipinski definition) is 5. The van der Waals surface area contributed by atoms with Crippen molar-refractivity contribution in [2.45, 2.75) is 12.1 Å². The van der Waals surface area contributed by atoms with E-state index in [1.165, 1.54) is 0 Å². The molecule has 0 aliphatic rings. The van der Waals surface area contributed by atoms with E-state index in [2.05, 4.69) is 10.6 Å². The van der Waals surface area contributed by atoms with Crippen LogP contribution < -0.4 is 20.1 Å². The maximum absolute atomic E-state index is 11.3. The molecule has 0 radical (unpaired) electrons. The highest BCUT2D eigenvalue weighted by Crippen LogP contribution is 2.31. The van der Waals surface area contributed by atoms with E-state index in [9.17, 15) is 9.90 Å². The van der Waals surface area contributed by atoms with Crippen LogP contribution in [0.15, 0.2) is 18.2 Å². The highest BCUT2D eigenvalue weighted by molar-refractivity contribution is 5.75. The van der Waals surface area contributed by atoms with E-state index < -0.39 is 18.1 Å². The van der Waals surface area contributed by atoms with Gasteiger partial charge in [-0.3, -0.25) is 4.79 Å². The fourth-order valence-corrected chi connectivity index (χ4v) is 2.02. The van der Waals surface area contributed by atoms with Crippen molar-refractivity contribution >= 4 is 5.97 Å². The number of benzene rings is 1. The molecular weight excluding hydrogens is 248 g/mol. The molecule has 0 saturated heterocycles. The summed E-state index contributed by atoms with van der Waals surface area (Å²) in [5.74, 6) is 0.324. The molecule has 1 aromatic carbocycles. The summed E-state index contributed by atoms with van der Waals surface area (Å²) in [5.41, 5.74) is 0.728. The Hall–Kier alpha value is -1.79. The summed E-state index contributed by atoms with van der Waals surface area (Å²) in [4.78, 5) is 11.3. The van der Waals surface area contributed by atoms with Crippen LogP contribution >= 0.6 is 0 Å². The van der Waals surface area contributed by atoms with Crippen molar-refractivity contribution in [3.63, 3.8) is 0 Å². The van der Waals surface area contributed by atoms with Gasteiger partial charge in [-0.15, -0.1) is 0 Å². The first kappa shape index (κ1) is 15.3. The van der Waals surface area contributed by atoms with Crippen LogP contribution in [0, 0.1) is 0 Å². The Labute approximate surface area is 112 Å². The Balaban J connectivity index is 3.25. The molecule has 1 aromatic rings. The number of carboxylic acid groups (broad SMARTS) is 1. The highest BCUT2D eigenvalue weighted by atomic mass is 16.5. The van der Waals surface area contributed by atoms with E-state index >= 15 is 0 Å². The van der Waals surface area contributed by atoms with Gasteiger partial charge < -0.3 is 25.2 Å². The molecule has 2 unspecified atom stereocenters. The van der Waals surface area contributed by atoms with E-state index in [1.807, 2.05) is 0 Å². The van der Waals surface area contributed by atoms with Crippen LogP contribution in [0.2, 0.25) is 0 Å². The first-order chi connectivity index (χ1) is 9.08. The zero-order chi connectivity index (χ0) is 14.4. The van der Waals surface area contributed by atoms with Gasteiger partial charge >= 0.3 is 5.97 Å². The van der Waals surface area contributed by atoms with Crippen LogP contribution in [0.4, 0.5) is 0 Å². The maximum Gasteiger partial charge on any atom is 0.322 e. The molecule has 1 rings (SSSR count). The normalized spacial score (nSPS) is 13.7. The van der Waals surface area contributed by atoms with Crippen molar-refractivity contribution < 1.29 is 19.4 Å². The monoisotopic (exact) mass is 268 g/mol. The number of hydrogen-bond donors (Lipinski definition) is 3. The first-order valence-corrected chi connectivity index (χ1v) is 5.88. The summed E-state index contributed by atoms with van der Waals surface area (Å²) < 4.78 is 10.5. The predicted molar refractivity (Wildman–Crippen MR) is 71.8 cm³/mol. The number of likely N-dealkylation sites (N-methyl/N-ethyl adjacent to an activating group) is 2. The average Bonchev–Trinajstić information content (AvgIpc) is 2.43. The van der Waals surface area contributed by atoms with Crippen molar-refractivity contribution in [1.29, 1.82) is 0 Å². The van der Waals surface area contributed by atoms with Crippen LogP contribution in [0.5, 0.6) is 11.5 Å². The van der Waals surface area contributed by atoms with Gasteiger partial charge in [0.15, 0.2) is 0 Å². The van der Waals surface area contributed by atoms with Crippen molar-refractivity contribution in [3.8, 4) is 11.5 Å². The summed E-state index contributed by atoms with van der Waals surface area (Å²) in [7, 11) is 6.42. The Bertz CT molecular complexity index is 437. The molecule has 0 heterocycles. The maximum atomic E-state index is 11.3. The largest absolute Gasteiger partial charge is 0.497 e. The van der Waals surface area contributed by atoms with E-state index in [1.54, 1.807) is 46.5 Å². The van der Waals surface area contributed by atoms with Crippen LogP contribution in [0.3, 0.4) is 0 Å². The number of methoxy groups -OCH3 is 2. The van der Waals surface area contributed by atoms with Crippen molar-refractivity contribution in [1.82, 2.24) is 10.6 Å². The van der Waals surface area contributed by atoms with Crippen molar-refractivity contribution in [3.05, 3.63) is 23.8 Å². The van der Waals surface area contributed by atoms with Crippen LogP contribution in [0.1, 0.15) is 11.6 Å². The zero-order valence-corrected chi connectivity index (χ0v) is 11.6. The van der Waals surface area contributed by atoms with Gasteiger partial charge in [-0.2, -0.15) is 0 Å². The third-order valence-corrected chi connectivity index (χ3v) is 2.99. The second-order valence-corrected chi connectivity index (χ2v) is 3.98. The smallest absolute Gasteiger partial charge is 0.322 e. The lowest BCUT2D eigenvalue weighted by atomic mass is 9.98. The topological polar surface area (TPSA) is 79.8 Å². The predicted octanol–water partition coefficient (Wildman–Crippen LogP) is 0.637. The fourth-order valence-electron chi connectivity index (χ4n) is 2.02. The molecule has 0 aliphatic carbocycles. The van der Waals surface area contributed by atoms with E-state index in [0.717, 1.165) is 5.56 Å². The van der Waals surface area contributed by atoms with Crippen LogP contribution in [0.25, 0.3) is 0 Å². The molecule has 0 aliphatic heterocycles. The van der Waals surface area contributed by atoms with Crippen molar-refractivity contribution in [2.75, 3.05) is 28.3 Å². The van der Waals surface area contributed by atoms with Gasteiger partial charge in [0.2, 0.25) is 0 Å². The summed E-state index contributed by atoms with van der Waals surface area (Å²) in [6.07, 6.45) is 0. The van der Waals surface area contributed by atoms with Gasteiger partial charge in [-0.05, 0) is 32.3 Å².